The normalized spacial score (nSPS) is 15.1. The molecule has 1 N–H and O–H groups in total. The van der Waals surface area contributed by atoms with Crippen LogP contribution in [-0.2, 0) is 0 Å². The third-order valence-corrected chi connectivity index (χ3v) is 7.00. The summed E-state index contributed by atoms with van der Waals surface area (Å²) in [5.41, 5.74) is 3.89. The van der Waals surface area contributed by atoms with Crippen molar-refractivity contribution in [2.45, 2.75) is 45.6 Å². The van der Waals surface area contributed by atoms with Crippen LogP contribution in [0.3, 0.4) is 0 Å². The molecule has 11 heteroatoms. The van der Waals surface area contributed by atoms with Crippen molar-refractivity contribution >= 4 is 28.7 Å². The highest BCUT2D eigenvalue weighted by Crippen LogP contribution is 2.31. The van der Waals surface area contributed by atoms with E-state index in [9.17, 15) is 0 Å². The molecule has 4 aromatic heterocycles. The predicted octanol–water partition coefficient (Wildman–Crippen LogP) is 3.94. The van der Waals surface area contributed by atoms with Gasteiger partial charge in [-0.3, -0.25) is 4.31 Å². The minimum absolute atomic E-state index is 0.207. The van der Waals surface area contributed by atoms with Crippen LogP contribution in [-0.4, -0.2) is 63.9 Å². The summed E-state index contributed by atoms with van der Waals surface area (Å²) in [7, 11) is 0. The summed E-state index contributed by atoms with van der Waals surface area (Å²) in [5, 5.41) is 26.9. The molecule has 0 radical (unpaired) electrons. The van der Waals surface area contributed by atoms with Crippen molar-refractivity contribution < 1.29 is 0 Å². The zero-order valence-corrected chi connectivity index (χ0v) is 20.9. The Labute approximate surface area is 208 Å². The Morgan fingerprint density at radius 3 is 2.74 bits per heavy atom. The second-order valence-corrected chi connectivity index (χ2v) is 10.2. The fourth-order valence-corrected chi connectivity index (χ4v) is 5.19. The van der Waals surface area contributed by atoms with Gasteiger partial charge >= 0.3 is 0 Å². The summed E-state index contributed by atoms with van der Waals surface area (Å²) in [4.78, 5) is 9.08. The number of fused-ring (bicyclic) bond motifs is 1. The quantitative estimate of drug-likeness (QED) is 0.386. The Bertz CT molecular complexity index is 1360. The molecule has 0 aliphatic carbocycles. The molecule has 4 aromatic rings. The summed E-state index contributed by atoms with van der Waals surface area (Å²) in [6.07, 6.45) is 9.24. The molecule has 5 rings (SSSR count). The van der Waals surface area contributed by atoms with Crippen LogP contribution in [0, 0.1) is 11.3 Å². The molecule has 0 unspecified atom stereocenters. The average molecular weight is 489 g/mol. The van der Waals surface area contributed by atoms with Gasteiger partial charge in [0.25, 0.3) is 0 Å². The number of hydrogen-bond donors (Lipinski definition) is 1. The fourth-order valence-electron chi connectivity index (χ4n) is 4.36. The van der Waals surface area contributed by atoms with Gasteiger partial charge < -0.3 is 5.32 Å². The lowest BCUT2D eigenvalue weighted by molar-refractivity contribution is 0.342. The van der Waals surface area contributed by atoms with Crippen molar-refractivity contribution in [3.05, 3.63) is 48.2 Å². The van der Waals surface area contributed by atoms with Gasteiger partial charge in [-0.25, -0.2) is 14.6 Å². The van der Waals surface area contributed by atoms with Crippen molar-refractivity contribution in [1.29, 1.82) is 5.26 Å². The molecule has 10 nitrogen and oxygen atoms in total. The van der Waals surface area contributed by atoms with Crippen molar-refractivity contribution in [3.63, 3.8) is 0 Å². The standard InChI is InChI=1S/C24H28N10S/c1-4-35-32-7-5-18(6-8-32)21-15-33(31-30-21)22-14-26-23(10-20(22)29-16(2)3)34-24-19(13-28-34)9-17(11-25)12-27-24/h9-10,12-16,18H,4-8H2,1-3H3,(H,26,29). The van der Waals surface area contributed by atoms with Gasteiger partial charge in [0.05, 0.1) is 35.5 Å². The SMILES string of the molecule is CCSN1CCC(c2cn(-c3cnc(-n4ncc5cc(C#N)cnc54)cc3NC(C)C)nn2)CC1. The number of anilines is 1. The van der Waals surface area contributed by atoms with Gasteiger partial charge in [0, 0.05) is 48.5 Å². The summed E-state index contributed by atoms with van der Waals surface area (Å²) >= 11 is 1.91. The van der Waals surface area contributed by atoms with Crippen LogP contribution in [0.4, 0.5) is 5.69 Å². The van der Waals surface area contributed by atoms with Gasteiger partial charge in [-0.05, 0) is 32.8 Å². The number of rotatable bonds is 7. The van der Waals surface area contributed by atoms with Crippen molar-refractivity contribution in [1.82, 2.24) is 39.0 Å². The monoisotopic (exact) mass is 488 g/mol. The van der Waals surface area contributed by atoms with Gasteiger partial charge in [0.2, 0.25) is 0 Å². The summed E-state index contributed by atoms with van der Waals surface area (Å²) in [6, 6.07) is 6.04. The van der Waals surface area contributed by atoms with E-state index in [1.54, 1.807) is 29.3 Å². The third-order valence-electron chi connectivity index (χ3n) is 6.01. The minimum atomic E-state index is 0.207. The zero-order chi connectivity index (χ0) is 24.4. The largest absolute Gasteiger partial charge is 0.381 e. The van der Waals surface area contributed by atoms with E-state index in [0.29, 0.717) is 22.9 Å². The third kappa shape index (κ3) is 4.85. The Morgan fingerprint density at radius 2 is 2.00 bits per heavy atom. The average Bonchev–Trinajstić information content (AvgIpc) is 3.51. The lowest BCUT2D eigenvalue weighted by atomic mass is 9.95. The van der Waals surface area contributed by atoms with E-state index in [1.165, 1.54) is 0 Å². The van der Waals surface area contributed by atoms with Crippen molar-refractivity contribution in [3.8, 4) is 17.6 Å². The van der Waals surface area contributed by atoms with Crippen LogP contribution in [0.1, 0.15) is 50.8 Å². The van der Waals surface area contributed by atoms with E-state index in [4.69, 9.17) is 5.26 Å². The first-order valence-electron chi connectivity index (χ1n) is 11.9. The first-order valence-corrected chi connectivity index (χ1v) is 12.8. The first-order chi connectivity index (χ1) is 17.1. The second-order valence-electron chi connectivity index (χ2n) is 8.87. The molecule has 0 atom stereocenters. The van der Waals surface area contributed by atoms with E-state index in [0.717, 1.165) is 54.1 Å². The molecule has 0 amide bonds. The van der Waals surface area contributed by atoms with E-state index >= 15 is 0 Å². The highest BCUT2D eigenvalue weighted by atomic mass is 32.2. The maximum absolute atomic E-state index is 9.14. The number of hydrogen-bond acceptors (Lipinski definition) is 9. The van der Waals surface area contributed by atoms with E-state index < -0.39 is 0 Å². The van der Waals surface area contributed by atoms with Gasteiger partial charge in [0.1, 0.15) is 11.8 Å². The molecule has 1 aliphatic rings. The lowest BCUT2D eigenvalue weighted by Gasteiger charge is -2.29. The topological polar surface area (TPSA) is 113 Å². The number of aromatic nitrogens is 7. The predicted molar refractivity (Wildman–Crippen MR) is 137 cm³/mol. The molecule has 0 aromatic carbocycles. The Morgan fingerprint density at radius 1 is 1.17 bits per heavy atom. The Hall–Kier alpha value is -3.49. The minimum Gasteiger partial charge on any atom is -0.381 e. The molecule has 1 aliphatic heterocycles. The molecule has 1 fully saturated rings. The highest BCUT2D eigenvalue weighted by Gasteiger charge is 2.24. The second kappa shape index (κ2) is 10.0. The number of piperidine rings is 1. The fraction of sp³-hybridized carbons (Fsp3) is 0.417. The first kappa shape index (κ1) is 23.3. The molecule has 0 saturated carbocycles. The maximum atomic E-state index is 9.14. The Balaban J connectivity index is 1.44. The highest BCUT2D eigenvalue weighted by molar-refractivity contribution is 7.96. The molecule has 180 valence electrons. The number of nitrogens with one attached hydrogen (secondary N) is 1. The van der Waals surface area contributed by atoms with Gasteiger partial charge in [0.15, 0.2) is 11.5 Å². The maximum Gasteiger partial charge on any atom is 0.164 e. The summed E-state index contributed by atoms with van der Waals surface area (Å²) in [6.45, 7) is 8.53. The molecule has 0 bridgehead atoms. The van der Waals surface area contributed by atoms with Crippen LogP contribution in [0.25, 0.3) is 22.5 Å². The number of nitriles is 1. The summed E-state index contributed by atoms with van der Waals surface area (Å²) < 4.78 is 5.94. The molecular weight excluding hydrogens is 460 g/mol. The van der Waals surface area contributed by atoms with Crippen LogP contribution in [0.2, 0.25) is 0 Å². The van der Waals surface area contributed by atoms with Crippen molar-refractivity contribution in [2.24, 2.45) is 0 Å². The van der Waals surface area contributed by atoms with Crippen LogP contribution >= 0.6 is 11.9 Å². The van der Waals surface area contributed by atoms with Crippen LogP contribution in [0.15, 0.2) is 36.9 Å². The van der Waals surface area contributed by atoms with Crippen LogP contribution < -0.4 is 5.32 Å². The number of nitrogens with zero attached hydrogens (tertiary/aromatic N) is 9. The smallest absolute Gasteiger partial charge is 0.164 e. The molecular formula is C24H28N10S. The van der Waals surface area contributed by atoms with Gasteiger partial charge in [-0.15, -0.1) is 5.10 Å². The lowest BCUT2D eigenvalue weighted by Crippen LogP contribution is -2.27. The van der Waals surface area contributed by atoms with Crippen molar-refractivity contribution in [2.75, 3.05) is 24.2 Å². The molecule has 35 heavy (non-hydrogen) atoms. The Kier molecular flexibility index (Phi) is 6.66. The molecule has 1 saturated heterocycles. The number of pyridine rings is 2. The molecule has 5 heterocycles. The molecule has 0 spiro atoms. The zero-order valence-electron chi connectivity index (χ0n) is 20.1. The summed E-state index contributed by atoms with van der Waals surface area (Å²) in [5.74, 6) is 2.16. The van der Waals surface area contributed by atoms with E-state index in [-0.39, 0.29) is 6.04 Å². The van der Waals surface area contributed by atoms with Gasteiger partial charge in [-0.1, -0.05) is 24.1 Å². The van der Waals surface area contributed by atoms with E-state index in [1.807, 2.05) is 28.9 Å². The van der Waals surface area contributed by atoms with E-state index in [2.05, 4.69) is 61.8 Å². The van der Waals surface area contributed by atoms with Gasteiger partial charge in [-0.2, -0.15) is 15.0 Å². The van der Waals surface area contributed by atoms with Crippen LogP contribution in [0.5, 0.6) is 0 Å².